The summed E-state index contributed by atoms with van der Waals surface area (Å²) < 4.78 is 40.6. The summed E-state index contributed by atoms with van der Waals surface area (Å²) in [7, 11) is 1.73. The van der Waals surface area contributed by atoms with E-state index in [1.807, 2.05) is 18.2 Å². The molecule has 0 atom stereocenters. The number of amides is 1. The molecule has 1 amide bonds. The maximum absolute atomic E-state index is 13.2. The minimum Gasteiger partial charge on any atom is -0.371 e. The number of carbonyl (C=O) groups is 1. The lowest BCUT2D eigenvalue weighted by atomic mass is 10.1. The van der Waals surface area contributed by atoms with Gasteiger partial charge in [0.15, 0.2) is 0 Å². The number of halogens is 3. The number of benzene rings is 2. The van der Waals surface area contributed by atoms with E-state index >= 15 is 0 Å². The van der Waals surface area contributed by atoms with E-state index in [1.54, 1.807) is 24.9 Å². The van der Waals surface area contributed by atoms with Gasteiger partial charge in [-0.2, -0.15) is 18.3 Å². The van der Waals surface area contributed by atoms with Gasteiger partial charge in [0.2, 0.25) is 0 Å². The number of carbonyl (C=O) groups excluding carboxylic acids is 1. The zero-order valence-corrected chi connectivity index (χ0v) is 18.1. The van der Waals surface area contributed by atoms with Crippen molar-refractivity contribution < 1.29 is 18.0 Å². The predicted octanol–water partition coefficient (Wildman–Crippen LogP) is 5.07. The molecule has 0 radical (unpaired) electrons. The molecule has 1 saturated heterocycles. The van der Waals surface area contributed by atoms with E-state index in [0.717, 1.165) is 49.3 Å². The number of rotatable bonds is 5. The average molecular weight is 442 g/mol. The Hall–Kier alpha value is -3.29. The van der Waals surface area contributed by atoms with Crippen LogP contribution < -0.4 is 4.90 Å². The first kappa shape index (κ1) is 21.9. The van der Waals surface area contributed by atoms with Crippen molar-refractivity contribution >= 4 is 11.6 Å². The van der Waals surface area contributed by atoms with Crippen LogP contribution >= 0.6 is 0 Å². The van der Waals surface area contributed by atoms with Crippen LogP contribution in [0.3, 0.4) is 0 Å². The molecule has 0 saturated carbocycles. The molecule has 1 aliphatic heterocycles. The number of para-hydroxylation sites is 1. The van der Waals surface area contributed by atoms with Gasteiger partial charge in [-0.15, -0.1) is 0 Å². The first-order valence-electron chi connectivity index (χ1n) is 10.6. The number of aromatic nitrogens is 2. The van der Waals surface area contributed by atoms with Crippen LogP contribution in [0.15, 0.2) is 54.7 Å². The summed E-state index contributed by atoms with van der Waals surface area (Å²) in [6.07, 6.45) is -0.701. The number of nitrogens with zero attached hydrogens (tertiary/aromatic N) is 4. The maximum atomic E-state index is 13.2. The molecular formula is C24H25F3N4O. The van der Waals surface area contributed by atoms with E-state index < -0.39 is 11.7 Å². The lowest BCUT2D eigenvalue weighted by Gasteiger charge is -2.24. The topological polar surface area (TPSA) is 41.4 Å². The fourth-order valence-electron chi connectivity index (χ4n) is 4.14. The van der Waals surface area contributed by atoms with E-state index in [4.69, 9.17) is 0 Å². The molecule has 2 aromatic carbocycles. The van der Waals surface area contributed by atoms with Crippen LogP contribution in [0.25, 0.3) is 5.69 Å². The molecule has 0 bridgehead atoms. The zero-order chi connectivity index (χ0) is 22.9. The van der Waals surface area contributed by atoms with Crippen molar-refractivity contribution in [2.24, 2.45) is 0 Å². The summed E-state index contributed by atoms with van der Waals surface area (Å²) in [5, 5.41) is 4.19. The maximum Gasteiger partial charge on any atom is 0.416 e. The summed E-state index contributed by atoms with van der Waals surface area (Å²) in [6, 6.07) is 13.0. The molecule has 0 unspecified atom stereocenters. The summed E-state index contributed by atoms with van der Waals surface area (Å²) >= 11 is 0. The van der Waals surface area contributed by atoms with Gasteiger partial charge in [-0.05, 0) is 49.6 Å². The number of hydrogen-bond donors (Lipinski definition) is 0. The van der Waals surface area contributed by atoms with Crippen molar-refractivity contribution in [2.75, 3.05) is 25.0 Å². The highest BCUT2D eigenvalue weighted by atomic mass is 19.4. The minimum absolute atomic E-state index is 0.225. The molecule has 1 aromatic heterocycles. The van der Waals surface area contributed by atoms with Crippen LogP contribution in [-0.4, -0.2) is 40.7 Å². The summed E-state index contributed by atoms with van der Waals surface area (Å²) in [6.45, 7) is 4.14. The van der Waals surface area contributed by atoms with Crippen LogP contribution in [0.1, 0.15) is 40.0 Å². The number of anilines is 1. The van der Waals surface area contributed by atoms with Gasteiger partial charge >= 0.3 is 6.18 Å². The lowest BCUT2D eigenvalue weighted by molar-refractivity contribution is -0.137. The van der Waals surface area contributed by atoms with Crippen molar-refractivity contribution in [3.8, 4) is 5.69 Å². The Kier molecular flexibility index (Phi) is 5.95. The minimum atomic E-state index is -4.45. The number of hydrogen-bond acceptors (Lipinski definition) is 3. The Bertz CT molecular complexity index is 1120. The van der Waals surface area contributed by atoms with Gasteiger partial charge in [-0.3, -0.25) is 4.79 Å². The van der Waals surface area contributed by atoms with Gasteiger partial charge in [0, 0.05) is 32.4 Å². The van der Waals surface area contributed by atoms with Crippen LogP contribution in [-0.2, 0) is 12.7 Å². The molecule has 2 heterocycles. The summed E-state index contributed by atoms with van der Waals surface area (Å²) in [4.78, 5) is 17.1. The van der Waals surface area contributed by atoms with E-state index in [9.17, 15) is 18.0 Å². The Morgan fingerprint density at radius 1 is 1.09 bits per heavy atom. The van der Waals surface area contributed by atoms with Gasteiger partial charge in [-0.25, -0.2) is 4.68 Å². The second-order valence-electron chi connectivity index (χ2n) is 8.09. The molecule has 1 aliphatic rings. The zero-order valence-electron chi connectivity index (χ0n) is 18.1. The molecule has 0 spiro atoms. The fourth-order valence-corrected chi connectivity index (χ4v) is 4.14. The largest absolute Gasteiger partial charge is 0.416 e. The van der Waals surface area contributed by atoms with E-state index in [-0.39, 0.29) is 11.6 Å². The Labute approximate surface area is 185 Å². The highest BCUT2D eigenvalue weighted by Crippen LogP contribution is 2.31. The van der Waals surface area contributed by atoms with E-state index in [1.165, 1.54) is 16.9 Å². The van der Waals surface area contributed by atoms with Crippen molar-refractivity contribution in [1.29, 1.82) is 0 Å². The molecule has 168 valence electrons. The monoisotopic (exact) mass is 442 g/mol. The molecule has 0 N–H and O–H groups in total. The van der Waals surface area contributed by atoms with Gasteiger partial charge in [0.25, 0.3) is 5.91 Å². The fraction of sp³-hybridized carbons (Fsp3) is 0.333. The normalized spacial score (nSPS) is 14.1. The smallest absolute Gasteiger partial charge is 0.371 e. The summed E-state index contributed by atoms with van der Waals surface area (Å²) in [5.74, 6) is -0.225. The van der Waals surface area contributed by atoms with Gasteiger partial charge in [0.1, 0.15) is 0 Å². The Morgan fingerprint density at radius 3 is 2.53 bits per heavy atom. The van der Waals surface area contributed by atoms with Crippen molar-refractivity contribution in [1.82, 2.24) is 14.7 Å². The van der Waals surface area contributed by atoms with Crippen molar-refractivity contribution in [2.45, 2.75) is 32.5 Å². The summed E-state index contributed by atoms with van der Waals surface area (Å²) in [5.41, 5.74) is 2.57. The van der Waals surface area contributed by atoms with Crippen LogP contribution in [0.2, 0.25) is 0 Å². The Balaban J connectivity index is 1.56. The molecule has 3 aromatic rings. The van der Waals surface area contributed by atoms with Crippen molar-refractivity contribution in [3.63, 3.8) is 0 Å². The highest BCUT2D eigenvalue weighted by molar-refractivity contribution is 5.95. The average Bonchev–Trinajstić information content (AvgIpc) is 3.43. The molecule has 5 nitrogen and oxygen atoms in total. The third-order valence-electron chi connectivity index (χ3n) is 5.85. The third kappa shape index (κ3) is 4.35. The standard InChI is InChI=1S/C24H25F3N4O/c1-17-21(15-28-31(17)20-10-7-9-19(14-20)24(25,26)27)23(32)29(2)16-18-8-3-4-11-22(18)30-12-5-6-13-30/h3-4,7-11,14-15H,5-6,12-13,16H2,1-2H3. The third-order valence-corrected chi connectivity index (χ3v) is 5.85. The molecule has 32 heavy (non-hydrogen) atoms. The van der Waals surface area contributed by atoms with Crippen LogP contribution in [0.5, 0.6) is 0 Å². The highest BCUT2D eigenvalue weighted by Gasteiger charge is 2.31. The molecule has 1 fully saturated rings. The van der Waals surface area contributed by atoms with Gasteiger partial charge < -0.3 is 9.80 Å². The van der Waals surface area contributed by atoms with Gasteiger partial charge in [0.05, 0.1) is 28.7 Å². The number of alkyl halides is 3. The molecule has 8 heteroatoms. The van der Waals surface area contributed by atoms with Crippen LogP contribution in [0, 0.1) is 6.92 Å². The quantitative estimate of drug-likeness (QED) is 0.554. The SMILES string of the molecule is Cc1c(C(=O)N(C)Cc2ccccc2N2CCCC2)cnn1-c1cccc(C(F)(F)F)c1. The Morgan fingerprint density at radius 2 is 1.81 bits per heavy atom. The second kappa shape index (κ2) is 8.68. The van der Waals surface area contributed by atoms with Gasteiger partial charge in [-0.1, -0.05) is 24.3 Å². The second-order valence-corrected chi connectivity index (χ2v) is 8.09. The lowest BCUT2D eigenvalue weighted by Crippen LogP contribution is -2.28. The first-order valence-corrected chi connectivity index (χ1v) is 10.6. The molecular weight excluding hydrogens is 417 g/mol. The molecule has 4 rings (SSSR count). The van der Waals surface area contributed by atoms with E-state index in [2.05, 4.69) is 16.1 Å². The molecule has 0 aliphatic carbocycles. The first-order chi connectivity index (χ1) is 15.3. The van der Waals surface area contributed by atoms with Crippen molar-refractivity contribution in [3.05, 3.63) is 77.1 Å². The predicted molar refractivity (Wildman–Crippen MR) is 117 cm³/mol. The van der Waals surface area contributed by atoms with Crippen LogP contribution in [0.4, 0.5) is 18.9 Å². The van der Waals surface area contributed by atoms with E-state index in [0.29, 0.717) is 17.8 Å².